The van der Waals surface area contributed by atoms with Crippen molar-refractivity contribution in [3.05, 3.63) is 70.2 Å². The quantitative estimate of drug-likeness (QED) is 0.428. The van der Waals surface area contributed by atoms with Gasteiger partial charge in [-0.3, -0.25) is 9.59 Å². The molecule has 0 aliphatic carbocycles. The number of thioether (sulfide) groups is 1. The Hall–Kier alpha value is -1.79. The minimum atomic E-state index is -0.519. The van der Waals surface area contributed by atoms with E-state index in [2.05, 4.69) is 33.4 Å². The number of hydrogen-bond acceptors (Lipinski definition) is 3. The maximum absolute atomic E-state index is 13.1. The molecular weight excluding hydrogens is 460 g/mol. The van der Waals surface area contributed by atoms with Crippen molar-refractivity contribution in [2.24, 2.45) is 0 Å². The first-order chi connectivity index (χ1) is 14.4. The predicted molar refractivity (Wildman–Crippen MR) is 129 cm³/mol. The summed E-state index contributed by atoms with van der Waals surface area (Å²) in [5.41, 5.74) is 2.26. The third-order valence-electron chi connectivity index (χ3n) is 5.01. The van der Waals surface area contributed by atoms with Crippen molar-refractivity contribution >= 4 is 39.5 Å². The molecule has 0 bridgehead atoms. The highest BCUT2D eigenvalue weighted by Gasteiger charge is 2.26. The summed E-state index contributed by atoms with van der Waals surface area (Å²) in [6.45, 7) is 6.24. The maximum atomic E-state index is 13.1. The van der Waals surface area contributed by atoms with Gasteiger partial charge in [0.1, 0.15) is 6.04 Å². The smallest absolute Gasteiger partial charge is 0.242 e. The number of hydrogen-bond donors (Lipinski definition) is 1. The molecule has 2 aromatic carbocycles. The number of benzene rings is 2. The standard InChI is InChI=1S/C24H31BrN2O2S/c1-4-18(2)26-24(29)19(3)27(16-20-10-12-22(25)13-11-20)23(28)14-15-30-17-21-8-6-5-7-9-21/h5-13,18-19H,4,14-17H2,1-3H3,(H,26,29)/t18-,19-/m0/s1. The van der Waals surface area contributed by atoms with E-state index in [1.165, 1.54) is 5.56 Å². The van der Waals surface area contributed by atoms with Crippen LogP contribution in [-0.4, -0.2) is 34.6 Å². The number of amides is 2. The molecule has 2 aromatic rings. The van der Waals surface area contributed by atoms with Crippen LogP contribution in [0.15, 0.2) is 59.1 Å². The number of carbonyl (C=O) groups excluding carboxylic acids is 2. The van der Waals surface area contributed by atoms with Crippen molar-refractivity contribution in [3.8, 4) is 0 Å². The van der Waals surface area contributed by atoms with Gasteiger partial charge in [0.25, 0.3) is 0 Å². The largest absolute Gasteiger partial charge is 0.352 e. The van der Waals surface area contributed by atoms with Crippen molar-refractivity contribution in [1.29, 1.82) is 0 Å². The summed E-state index contributed by atoms with van der Waals surface area (Å²) in [4.78, 5) is 27.4. The first-order valence-electron chi connectivity index (χ1n) is 10.4. The van der Waals surface area contributed by atoms with Crippen LogP contribution in [0.1, 0.15) is 44.7 Å². The van der Waals surface area contributed by atoms with Crippen LogP contribution < -0.4 is 5.32 Å². The van der Waals surface area contributed by atoms with Crippen LogP contribution in [-0.2, 0) is 21.9 Å². The molecule has 0 unspecified atom stereocenters. The zero-order chi connectivity index (χ0) is 21.9. The molecule has 0 aromatic heterocycles. The van der Waals surface area contributed by atoms with E-state index in [-0.39, 0.29) is 17.9 Å². The molecule has 0 spiro atoms. The Morgan fingerprint density at radius 2 is 1.70 bits per heavy atom. The van der Waals surface area contributed by atoms with E-state index in [1.54, 1.807) is 16.7 Å². The topological polar surface area (TPSA) is 49.4 Å². The molecule has 2 amide bonds. The van der Waals surface area contributed by atoms with Gasteiger partial charge in [-0.25, -0.2) is 0 Å². The zero-order valence-electron chi connectivity index (χ0n) is 17.9. The van der Waals surface area contributed by atoms with E-state index in [4.69, 9.17) is 0 Å². The summed E-state index contributed by atoms with van der Waals surface area (Å²) in [6.07, 6.45) is 1.27. The molecule has 2 atom stereocenters. The predicted octanol–water partition coefficient (Wildman–Crippen LogP) is 5.40. The second-order valence-corrected chi connectivity index (χ2v) is 9.45. The van der Waals surface area contributed by atoms with Gasteiger partial charge in [0.05, 0.1) is 0 Å². The molecule has 6 heteroatoms. The van der Waals surface area contributed by atoms with E-state index in [1.807, 2.05) is 63.2 Å². The fourth-order valence-electron chi connectivity index (χ4n) is 2.90. The summed E-state index contributed by atoms with van der Waals surface area (Å²) in [5.74, 6) is 1.51. The molecule has 0 fully saturated rings. The van der Waals surface area contributed by atoms with E-state index in [0.717, 1.165) is 28.0 Å². The Balaban J connectivity index is 2.00. The lowest BCUT2D eigenvalue weighted by Gasteiger charge is -2.29. The molecule has 0 saturated heterocycles. The van der Waals surface area contributed by atoms with Crippen LogP contribution in [0.5, 0.6) is 0 Å². The van der Waals surface area contributed by atoms with Crippen LogP contribution in [0.2, 0.25) is 0 Å². The SMILES string of the molecule is CC[C@H](C)NC(=O)[C@H](C)N(Cc1ccc(Br)cc1)C(=O)CCSCc1ccccc1. The van der Waals surface area contributed by atoms with E-state index in [0.29, 0.717) is 13.0 Å². The number of carbonyl (C=O) groups is 2. The normalized spacial score (nSPS) is 12.8. The van der Waals surface area contributed by atoms with Gasteiger partial charge >= 0.3 is 0 Å². The fourth-order valence-corrected chi connectivity index (χ4v) is 4.06. The highest BCUT2D eigenvalue weighted by atomic mass is 79.9. The highest BCUT2D eigenvalue weighted by molar-refractivity contribution is 9.10. The van der Waals surface area contributed by atoms with Crippen molar-refractivity contribution in [1.82, 2.24) is 10.2 Å². The van der Waals surface area contributed by atoms with E-state index >= 15 is 0 Å². The van der Waals surface area contributed by atoms with Gasteiger partial charge in [-0.2, -0.15) is 11.8 Å². The molecule has 0 heterocycles. The molecule has 30 heavy (non-hydrogen) atoms. The molecule has 1 N–H and O–H groups in total. The third kappa shape index (κ3) is 8.15. The average Bonchev–Trinajstić information content (AvgIpc) is 2.76. The van der Waals surface area contributed by atoms with Gasteiger partial charge in [-0.05, 0) is 43.5 Å². The zero-order valence-corrected chi connectivity index (χ0v) is 20.3. The van der Waals surface area contributed by atoms with Crippen molar-refractivity contribution in [2.75, 3.05) is 5.75 Å². The second kappa shape index (κ2) is 12.8. The van der Waals surface area contributed by atoms with Crippen molar-refractivity contribution in [2.45, 2.75) is 58.0 Å². The second-order valence-electron chi connectivity index (χ2n) is 7.43. The Kier molecular flexibility index (Phi) is 10.4. The highest BCUT2D eigenvalue weighted by Crippen LogP contribution is 2.17. The summed E-state index contributed by atoms with van der Waals surface area (Å²) in [5, 5.41) is 3.00. The van der Waals surface area contributed by atoms with Gasteiger partial charge in [-0.15, -0.1) is 0 Å². The Morgan fingerprint density at radius 3 is 2.33 bits per heavy atom. The minimum absolute atomic E-state index is 0.00489. The molecular formula is C24H31BrN2O2S. The van der Waals surface area contributed by atoms with Crippen LogP contribution in [0.4, 0.5) is 0 Å². The molecule has 0 aliphatic heterocycles. The lowest BCUT2D eigenvalue weighted by Crippen LogP contribution is -2.49. The Bertz CT molecular complexity index is 799. The molecule has 4 nitrogen and oxygen atoms in total. The van der Waals surface area contributed by atoms with Gasteiger partial charge in [0.2, 0.25) is 11.8 Å². The van der Waals surface area contributed by atoms with Crippen LogP contribution in [0, 0.1) is 0 Å². The van der Waals surface area contributed by atoms with Gasteiger partial charge in [0.15, 0.2) is 0 Å². The van der Waals surface area contributed by atoms with E-state index < -0.39 is 6.04 Å². The average molecular weight is 491 g/mol. The van der Waals surface area contributed by atoms with Gasteiger partial charge in [0, 0.05) is 35.0 Å². The Morgan fingerprint density at radius 1 is 1.03 bits per heavy atom. The number of rotatable bonds is 11. The summed E-state index contributed by atoms with van der Waals surface area (Å²) in [7, 11) is 0. The van der Waals surface area contributed by atoms with Crippen molar-refractivity contribution < 1.29 is 9.59 Å². The van der Waals surface area contributed by atoms with E-state index in [9.17, 15) is 9.59 Å². The fraction of sp³-hybridized carbons (Fsp3) is 0.417. The van der Waals surface area contributed by atoms with Gasteiger partial charge in [-0.1, -0.05) is 65.3 Å². The van der Waals surface area contributed by atoms with Crippen LogP contribution in [0.25, 0.3) is 0 Å². The maximum Gasteiger partial charge on any atom is 0.242 e. The van der Waals surface area contributed by atoms with Crippen molar-refractivity contribution in [3.63, 3.8) is 0 Å². The summed E-state index contributed by atoms with van der Waals surface area (Å²) >= 11 is 5.18. The first kappa shape index (κ1) is 24.5. The lowest BCUT2D eigenvalue weighted by molar-refractivity contribution is -0.140. The monoisotopic (exact) mass is 490 g/mol. The number of halogens is 1. The third-order valence-corrected chi connectivity index (χ3v) is 6.57. The molecule has 2 rings (SSSR count). The summed E-state index contributed by atoms with van der Waals surface area (Å²) in [6, 6.07) is 17.7. The lowest BCUT2D eigenvalue weighted by atomic mass is 10.1. The molecule has 162 valence electrons. The number of nitrogens with zero attached hydrogens (tertiary/aromatic N) is 1. The number of nitrogens with one attached hydrogen (secondary N) is 1. The molecule has 0 saturated carbocycles. The molecule has 0 radical (unpaired) electrons. The van der Waals surface area contributed by atoms with Crippen LogP contribution in [0.3, 0.4) is 0 Å². The summed E-state index contributed by atoms with van der Waals surface area (Å²) < 4.78 is 0.990. The molecule has 0 aliphatic rings. The van der Waals surface area contributed by atoms with Crippen LogP contribution >= 0.6 is 27.7 Å². The van der Waals surface area contributed by atoms with Gasteiger partial charge < -0.3 is 10.2 Å². The minimum Gasteiger partial charge on any atom is -0.352 e. The Labute approximate surface area is 192 Å². The first-order valence-corrected chi connectivity index (χ1v) is 12.3.